The third kappa shape index (κ3) is 2.96. The summed E-state index contributed by atoms with van der Waals surface area (Å²) >= 11 is 1.72. The molecule has 0 aliphatic heterocycles. The molecule has 1 N–H and O–H groups in total. The maximum Gasteiger partial charge on any atom is 0.194 e. The number of hydrogen-bond acceptors (Lipinski definition) is 4. The van der Waals surface area contributed by atoms with Crippen LogP contribution in [0.5, 0.6) is 0 Å². The lowest BCUT2D eigenvalue weighted by molar-refractivity contribution is 0.496. The molecule has 4 heteroatoms. The Hall–Kier alpha value is -1.13. The molecule has 0 saturated carbocycles. The van der Waals surface area contributed by atoms with Crippen LogP contribution in [0.1, 0.15) is 24.8 Å². The first-order valence-electron chi connectivity index (χ1n) is 6.01. The molecule has 0 atom stereocenters. The molecule has 2 aromatic rings. The van der Waals surface area contributed by atoms with Crippen molar-refractivity contribution in [2.24, 2.45) is 0 Å². The predicted molar refractivity (Wildman–Crippen MR) is 71.4 cm³/mol. The van der Waals surface area contributed by atoms with E-state index in [2.05, 4.69) is 28.7 Å². The third-order valence-corrected chi connectivity index (χ3v) is 3.69. The number of nitrogens with zero attached hydrogens (tertiary/aromatic N) is 1. The molecule has 2 rings (SSSR count). The summed E-state index contributed by atoms with van der Waals surface area (Å²) in [6, 6.07) is 2.16. The summed E-state index contributed by atoms with van der Waals surface area (Å²) in [6.45, 7) is 3.16. The fraction of sp³-hybridized carbons (Fsp3) is 0.462. The van der Waals surface area contributed by atoms with Crippen LogP contribution in [0.4, 0.5) is 0 Å². The number of nitrogens with one attached hydrogen (secondary N) is 1. The van der Waals surface area contributed by atoms with Gasteiger partial charge in [-0.15, -0.1) is 11.3 Å². The van der Waals surface area contributed by atoms with E-state index in [4.69, 9.17) is 4.42 Å². The van der Waals surface area contributed by atoms with Gasteiger partial charge in [0, 0.05) is 6.42 Å². The van der Waals surface area contributed by atoms with E-state index in [1.54, 1.807) is 11.3 Å². The maximum atomic E-state index is 5.79. The monoisotopic (exact) mass is 250 g/mol. The van der Waals surface area contributed by atoms with Crippen LogP contribution in [0.2, 0.25) is 0 Å². The summed E-state index contributed by atoms with van der Waals surface area (Å²) < 4.78 is 5.79. The fourth-order valence-electron chi connectivity index (χ4n) is 1.78. The van der Waals surface area contributed by atoms with Gasteiger partial charge in [0.25, 0.3) is 0 Å². The smallest absolute Gasteiger partial charge is 0.194 e. The second-order valence-electron chi connectivity index (χ2n) is 3.95. The lowest BCUT2D eigenvalue weighted by Crippen LogP contribution is -2.08. The molecule has 0 fully saturated rings. The van der Waals surface area contributed by atoms with Crippen molar-refractivity contribution in [1.82, 2.24) is 10.3 Å². The van der Waals surface area contributed by atoms with Gasteiger partial charge in [-0.25, -0.2) is 4.98 Å². The SMILES string of the molecule is CCc1ccsc1-c1cnc(CCCNC)o1. The third-order valence-electron chi connectivity index (χ3n) is 2.72. The number of oxazole rings is 1. The van der Waals surface area contributed by atoms with Crippen LogP contribution in [0.15, 0.2) is 22.1 Å². The molecular weight excluding hydrogens is 232 g/mol. The van der Waals surface area contributed by atoms with E-state index in [1.165, 1.54) is 10.4 Å². The van der Waals surface area contributed by atoms with E-state index in [0.717, 1.165) is 37.5 Å². The fourth-order valence-corrected chi connectivity index (χ4v) is 2.72. The Balaban J connectivity index is 2.07. The maximum absolute atomic E-state index is 5.79. The van der Waals surface area contributed by atoms with Crippen molar-refractivity contribution in [3.8, 4) is 10.6 Å². The highest BCUT2D eigenvalue weighted by molar-refractivity contribution is 7.13. The Morgan fingerprint density at radius 2 is 2.35 bits per heavy atom. The molecule has 0 radical (unpaired) electrons. The molecule has 3 nitrogen and oxygen atoms in total. The van der Waals surface area contributed by atoms with E-state index in [-0.39, 0.29) is 0 Å². The molecular formula is C13H18N2OS. The van der Waals surface area contributed by atoms with Gasteiger partial charge in [0.05, 0.1) is 11.1 Å². The van der Waals surface area contributed by atoms with Crippen molar-refractivity contribution in [2.75, 3.05) is 13.6 Å². The summed E-state index contributed by atoms with van der Waals surface area (Å²) in [6.07, 6.45) is 4.84. The number of thiophene rings is 1. The van der Waals surface area contributed by atoms with Crippen LogP contribution < -0.4 is 5.32 Å². The minimum atomic E-state index is 0.839. The van der Waals surface area contributed by atoms with Gasteiger partial charge in [-0.05, 0) is 43.4 Å². The van der Waals surface area contributed by atoms with Crippen molar-refractivity contribution in [2.45, 2.75) is 26.2 Å². The summed E-state index contributed by atoms with van der Waals surface area (Å²) in [5, 5.41) is 5.23. The number of rotatable bonds is 6. The zero-order valence-electron chi connectivity index (χ0n) is 10.3. The minimum Gasteiger partial charge on any atom is -0.440 e. The van der Waals surface area contributed by atoms with Gasteiger partial charge in [-0.3, -0.25) is 0 Å². The zero-order valence-corrected chi connectivity index (χ0v) is 11.1. The second-order valence-corrected chi connectivity index (χ2v) is 4.87. The van der Waals surface area contributed by atoms with E-state index < -0.39 is 0 Å². The molecule has 0 aliphatic rings. The van der Waals surface area contributed by atoms with Crippen LogP contribution >= 0.6 is 11.3 Å². The number of hydrogen-bond donors (Lipinski definition) is 1. The summed E-state index contributed by atoms with van der Waals surface area (Å²) in [5.41, 5.74) is 1.34. The zero-order chi connectivity index (χ0) is 12.1. The Morgan fingerprint density at radius 3 is 3.12 bits per heavy atom. The molecule has 0 saturated heterocycles. The van der Waals surface area contributed by atoms with E-state index in [0.29, 0.717) is 0 Å². The standard InChI is InChI=1S/C13H18N2OS/c1-3-10-6-8-17-13(10)11-9-15-12(16-11)5-4-7-14-2/h6,8-9,14H,3-5,7H2,1-2H3. The normalized spacial score (nSPS) is 10.9. The van der Waals surface area contributed by atoms with Crippen molar-refractivity contribution >= 4 is 11.3 Å². The first-order valence-corrected chi connectivity index (χ1v) is 6.89. The molecule has 0 aliphatic carbocycles. The van der Waals surface area contributed by atoms with E-state index in [1.807, 2.05) is 13.2 Å². The molecule has 0 spiro atoms. The molecule has 0 aromatic carbocycles. The summed E-state index contributed by atoms with van der Waals surface area (Å²) in [4.78, 5) is 5.55. The minimum absolute atomic E-state index is 0.839. The molecule has 0 bridgehead atoms. The van der Waals surface area contributed by atoms with Gasteiger partial charge >= 0.3 is 0 Å². The molecule has 2 aromatic heterocycles. The average Bonchev–Trinajstić information content (AvgIpc) is 2.96. The molecule has 0 amide bonds. The highest BCUT2D eigenvalue weighted by Gasteiger charge is 2.10. The first-order chi connectivity index (χ1) is 8.35. The summed E-state index contributed by atoms with van der Waals surface area (Å²) in [7, 11) is 1.96. The second kappa shape index (κ2) is 5.98. The van der Waals surface area contributed by atoms with E-state index in [9.17, 15) is 0 Å². The van der Waals surface area contributed by atoms with Crippen molar-refractivity contribution in [1.29, 1.82) is 0 Å². The Morgan fingerprint density at radius 1 is 1.47 bits per heavy atom. The van der Waals surface area contributed by atoms with Crippen molar-refractivity contribution < 1.29 is 4.42 Å². The summed E-state index contributed by atoms with van der Waals surface area (Å²) in [5.74, 6) is 1.75. The van der Waals surface area contributed by atoms with Crippen LogP contribution in [0.25, 0.3) is 10.6 Å². The van der Waals surface area contributed by atoms with Crippen molar-refractivity contribution in [3.05, 3.63) is 29.1 Å². The Bertz CT molecular complexity index is 461. The van der Waals surface area contributed by atoms with Gasteiger partial charge in [-0.1, -0.05) is 6.92 Å². The highest BCUT2D eigenvalue weighted by atomic mass is 32.1. The number of aryl methyl sites for hydroxylation is 2. The van der Waals surface area contributed by atoms with Gasteiger partial charge in [0.2, 0.25) is 0 Å². The molecule has 0 unspecified atom stereocenters. The lowest BCUT2D eigenvalue weighted by Gasteiger charge is -1.97. The van der Waals surface area contributed by atoms with Crippen LogP contribution in [0.3, 0.4) is 0 Å². The topological polar surface area (TPSA) is 38.1 Å². The average molecular weight is 250 g/mol. The first kappa shape index (κ1) is 12.3. The Labute approximate surface area is 106 Å². The predicted octanol–water partition coefficient (Wildman–Crippen LogP) is 3.12. The van der Waals surface area contributed by atoms with Gasteiger partial charge < -0.3 is 9.73 Å². The number of aromatic nitrogens is 1. The van der Waals surface area contributed by atoms with Gasteiger partial charge in [-0.2, -0.15) is 0 Å². The quantitative estimate of drug-likeness (QED) is 0.800. The molecule has 17 heavy (non-hydrogen) atoms. The van der Waals surface area contributed by atoms with Gasteiger partial charge in [0.1, 0.15) is 0 Å². The lowest BCUT2D eigenvalue weighted by atomic mass is 10.2. The molecule has 92 valence electrons. The van der Waals surface area contributed by atoms with Gasteiger partial charge in [0.15, 0.2) is 11.7 Å². The largest absolute Gasteiger partial charge is 0.440 e. The van der Waals surface area contributed by atoms with E-state index >= 15 is 0 Å². The Kier molecular flexibility index (Phi) is 4.34. The van der Waals surface area contributed by atoms with Crippen LogP contribution in [-0.4, -0.2) is 18.6 Å². The van der Waals surface area contributed by atoms with Crippen LogP contribution in [0, 0.1) is 0 Å². The van der Waals surface area contributed by atoms with Crippen LogP contribution in [-0.2, 0) is 12.8 Å². The van der Waals surface area contributed by atoms with Crippen molar-refractivity contribution in [3.63, 3.8) is 0 Å². The highest BCUT2D eigenvalue weighted by Crippen LogP contribution is 2.30. The molecule has 2 heterocycles.